The molecule has 0 aliphatic carbocycles. The van der Waals surface area contributed by atoms with Gasteiger partial charge in [-0.15, -0.1) is 0 Å². The Morgan fingerprint density at radius 2 is 0.567 bits per heavy atom. The van der Waals surface area contributed by atoms with Crippen molar-refractivity contribution in [2.45, 2.75) is 375 Å². The average Bonchev–Trinajstić information content (AvgIpc) is 3.72. The Kier molecular flexibility index (Phi) is 60.6. The second kappa shape index (κ2) is 61.9. The van der Waals surface area contributed by atoms with E-state index < -0.39 is 97.5 Å². The van der Waals surface area contributed by atoms with E-state index in [2.05, 4.69) is 48.5 Å². The van der Waals surface area contributed by atoms with Crippen molar-refractivity contribution in [3.8, 4) is 0 Å². The van der Waals surface area contributed by atoms with E-state index in [1.165, 1.54) is 167 Å². The molecule has 0 spiro atoms. The normalized spacial score (nSPS) is 14.8. The Balaban J connectivity index is 5.25. The lowest BCUT2D eigenvalue weighted by Gasteiger charge is -2.21. The van der Waals surface area contributed by atoms with Gasteiger partial charge in [0.25, 0.3) is 0 Å². The van der Waals surface area contributed by atoms with Gasteiger partial charge in [0, 0.05) is 25.7 Å². The van der Waals surface area contributed by atoms with Gasteiger partial charge < -0.3 is 33.8 Å². The van der Waals surface area contributed by atoms with Gasteiger partial charge in [-0.05, 0) is 43.4 Å². The van der Waals surface area contributed by atoms with Gasteiger partial charge in [0.15, 0.2) is 12.2 Å². The monoisotopic (exact) mass is 1320 g/mol. The lowest BCUT2D eigenvalue weighted by Crippen LogP contribution is -2.30. The van der Waals surface area contributed by atoms with E-state index in [-0.39, 0.29) is 25.7 Å². The predicted molar refractivity (Wildman–Crippen MR) is 363 cm³/mol. The molecule has 90 heavy (non-hydrogen) atoms. The third-order valence-corrected chi connectivity index (χ3v) is 19.0. The quantitative estimate of drug-likeness (QED) is 0.0222. The lowest BCUT2D eigenvalue weighted by atomic mass is 9.99. The zero-order chi connectivity index (χ0) is 66.6. The molecule has 0 aromatic heterocycles. The van der Waals surface area contributed by atoms with Crippen LogP contribution in [0.3, 0.4) is 0 Å². The summed E-state index contributed by atoms with van der Waals surface area (Å²) in [4.78, 5) is 72.6. The van der Waals surface area contributed by atoms with Gasteiger partial charge in [-0.2, -0.15) is 0 Å². The van der Waals surface area contributed by atoms with Crippen LogP contribution in [0.4, 0.5) is 0 Å². The van der Waals surface area contributed by atoms with E-state index in [1.54, 1.807) is 0 Å². The van der Waals surface area contributed by atoms with E-state index in [0.717, 1.165) is 108 Å². The summed E-state index contributed by atoms with van der Waals surface area (Å²) in [7, 11) is -9.90. The summed E-state index contributed by atoms with van der Waals surface area (Å²) < 4.78 is 68.3. The fraction of sp³-hybridized carbons (Fsp3) is 0.944. The molecule has 0 rings (SSSR count). The smallest absolute Gasteiger partial charge is 0.462 e. The number of aliphatic hydroxyl groups is 1. The molecule has 0 radical (unpaired) electrons. The molecular formula is C71H138O17P2. The Bertz CT molecular complexity index is 1770. The van der Waals surface area contributed by atoms with Crippen molar-refractivity contribution in [1.82, 2.24) is 0 Å². The summed E-state index contributed by atoms with van der Waals surface area (Å²) >= 11 is 0. The number of hydrogen-bond acceptors (Lipinski definition) is 15. The summed E-state index contributed by atoms with van der Waals surface area (Å²) in [5, 5.41) is 10.6. The molecule has 19 heteroatoms. The SMILES string of the molecule is CCCCCCCCCCCCC(=O)OC[C@H](COP(=O)(O)OC[C@H](O)COP(=O)(O)OC[C@@H](COC(=O)CCCCCCCCCCCCC(C)CC)OC(=O)CCCCCCCCCCCCCCCC(C)C)OC(=O)CCCCCCCCC(C)CC. The van der Waals surface area contributed by atoms with Crippen molar-refractivity contribution >= 4 is 39.5 Å². The van der Waals surface area contributed by atoms with E-state index in [0.29, 0.717) is 25.7 Å². The summed E-state index contributed by atoms with van der Waals surface area (Å²) in [5.74, 6) is 0.189. The van der Waals surface area contributed by atoms with Gasteiger partial charge in [-0.3, -0.25) is 37.3 Å². The highest BCUT2D eigenvalue weighted by molar-refractivity contribution is 7.47. The summed E-state index contributed by atoms with van der Waals surface area (Å²) in [6, 6.07) is 0. The Hall–Kier alpha value is -1.94. The van der Waals surface area contributed by atoms with Crippen molar-refractivity contribution in [3.05, 3.63) is 0 Å². The maximum atomic E-state index is 13.0. The van der Waals surface area contributed by atoms with Gasteiger partial charge in [0.05, 0.1) is 26.4 Å². The molecule has 0 aliphatic heterocycles. The zero-order valence-electron chi connectivity index (χ0n) is 58.6. The number of carbonyl (C=O) groups is 4. The maximum Gasteiger partial charge on any atom is 0.472 e. The first kappa shape index (κ1) is 88.1. The molecule has 0 amide bonds. The first-order valence-electron chi connectivity index (χ1n) is 36.9. The fourth-order valence-corrected chi connectivity index (χ4v) is 12.2. The van der Waals surface area contributed by atoms with Crippen molar-refractivity contribution in [3.63, 3.8) is 0 Å². The number of ether oxygens (including phenoxy) is 4. The highest BCUT2D eigenvalue weighted by Gasteiger charge is 2.30. The number of esters is 4. The first-order valence-corrected chi connectivity index (χ1v) is 39.9. The van der Waals surface area contributed by atoms with Crippen LogP contribution >= 0.6 is 15.6 Å². The molecule has 4 unspecified atom stereocenters. The Labute approximate surface area is 549 Å². The molecular weight excluding hydrogens is 1190 g/mol. The van der Waals surface area contributed by atoms with Gasteiger partial charge in [0.1, 0.15) is 19.3 Å². The van der Waals surface area contributed by atoms with Crippen molar-refractivity contribution in [2.75, 3.05) is 39.6 Å². The molecule has 0 aromatic carbocycles. The van der Waals surface area contributed by atoms with Crippen LogP contribution in [-0.2, 0) is 65.4 Å². The third-order valence-electron chi connectivity index (χ3n) is 17.1. The topological polar surface area (TPSA) is 237 Å². The molecule has 534 valence electrons. The van der Waals surface area contributed by atoms with Crippen LogP contribution < -0.4 is 0 Å². The van der Waals surface area contributed by atoms with Crippen molar-refractivity contribution in [2.24, 2.45) is 17.8 Å². The van der Waals surface area contributed by atoms with Crippen LogP contribution in [-0.4, -0.2) is 96.7 Å². The minimum absolute atomic E-state index is 0.103. The molecule has 0 aromatic rings. The van der Waals surface area contributed by atoms with E-state index in [9.17, 15) is 43.2 Å². The molecule has 0 aliphatic rings. The molecule has 0 bridgehead atoms. The lowest BCUT2D eigenvalue weighted by molar-refractivity contribution is -0.161. The molecule has 3 N–H and O–H groups in total. The zero-order valence-corrected chi connectivity index (χ0v) is 60.4. The number of phosphoric ester groups is 2. The standard InChI is InChI=1S/C71H138O17P2/c1-8-11-12-13-14-15-25-30-38-45-52-68(73)82-59-67(88-71(76)55-48-41-34-33-37-44-51-64(7)10-3)61-86-90(79,80)84-57-65(72)56-83-89(77,78)85-60-66(58-81-69(74)53-46-39-31-26-22-21-24-29-36-43-50-63(6)9-2)87-70(75)54-47-40-32-27-20-18-16-17-19-23-28-35-42-49-62(4)5/h62-67,72H,8-61H2,1-7H3,(H,77,78)(H,79,80)/t63?,64?,65-,66-,67-/m1/s1. The molecule has 0 saturated heterocycles. The van der Waals surface area contributed by atoms with E-state index in [1.807, 2.05) is 0 Å². The van der Waals surface area contributed by atoms with Gasteiger partial charge >= 0.3 is 39.5 Å². The van der Waals surface area contributed by atoms with Gasteiger partial charge in [-0.1, -0.05) is 305 Å². The fourth-order valence-electron chi connectivity index (χ4n) is 10.7. The van der Waals surface area contributed by atoms with Gasteiger partial charge in [0.2, 0.25) is 0 Å². The van der Waals surface area contributed by atoms with Crippen molar-refractivity contribution < 1.29 is 80.2 Å². The van der Waals surface area contributed by atoms with Crippen LogP contribution in [0.2, 0.25) is 0 Å². The third kappa shape index (κ3) is 62.2. The molecule has 0 heterocycles. The van der Waals surface area contributed by atoms with Gasteiger partial charge in [-0.25, -0.2) is 9.13 Å². The highest BCUT2D eigenvalue weighted by atomic mass is 31.2. The highest BCUT2D eigenvalue weighted by Crippen LogP contribution is 2.45. The Morgan fingerprint density at radius 1 is 0.322 bits per heavy atom. The number of unbranched alkanes of at least 4 members (excludes halogenated alkanes) is 35. The van der Waals surface area contributed by atoms with Crippen LogP contribution in [0.15, 0.2) is 0 Å². The van der Waals surface area contributed by atoms with Crippen molar-refractivity contribution in [1.29, 1.82) is 0 Å². The van der Waals surface area contributed by atoms with Crippen LogP contribution in [0.1, 0.15) is 357 Å². The minimum atomic E-state index is -4.95. The number of rotatable bonds is 69. The van der Waals surface area contributed by atoms with E-state index >= 15 is 0 Å². The largest absolute Gasteiger partial charge is 0.472 e. The first-order chi connectivity index (χ1) is 43.3. The van der Waals surface area contributed by atoms with Crippen LogP contribution in [0.5, 0.6) is 0 Å². The second-order valence-electron chi connectivity index (χ2n) is 26.6. The summed E-state index contributed by atoms with van der Waals surface area (Å²) in [5.41, 5.74) is 0. The molecule has 7 atom stereocenters. The number of hydrogen-bond donors (Lipinski definition) is 3. The molecule has 0 fully saturated rings. The Morgan fingerprint density at radius 3 is 0.844 bits per heavy atom. The predicted octanol–water partition coefficient (Wildman–Crippen LogP) is 20.2. The molecule has 17 nitrogen and oxygen atoms in total. The average molecular weight is 1330 g/mol. The number of carbonyl (C=O) groups excluding carboxylic acids is 4. The van der Waals surface area contributed by atoms with Crippen LogP contribution in [0.25, 0.3) is 0 Å². The van der Waals surface area contributed by atoms with Crippen LogP contribution in [0, 0.1) is 17.8 Å². The summed E-state index contributed by atoms with van der Waals surface area (Å²) in [6.45, 7) is 11.8. The summed E-state index contributed by atoms with van der Waals surface area (Å²) in [6.07, 6.45) is 45.7. The maximum absolute atomic E-state index is 13.0. The minimum Gasteiger partial charge on any atom is -0.462 e. The second-order valence-corrected chi connectivity index (χ2v) is 29.5. The molecule has 0 saturated carbocycles. The number of phosphoric acid groups is 2. The number of aliphatic hydroxyl groups excluding tert-OH is 1. The van der Waals surface area contributed by atoms with E-state index in [4.69, 9.17) is 37.0 Å².